The van der Waals surface area contributed by atoms with Crippen LogP contribution in [-0.4, -0.2) is 0 Å². The maximum Gasteiger partial charge on any atom is -0.00754 e. The average Bonchev–Trinajstić information content (AvgIpc) is 2.69. The van der Waals surface area contributed by atoms with Crippen LogP contribution in [0.3, 0.4) is 0 Å². The summed E-state index contributed by atoms with van der Waals surface area (Å²) in [6, 6.07) is 8.51. The number of rotatable bonds is 4. The third-order valence-corrected chi connectivity index (χ3v) is 3.32. The summed E-state index contributed by atoms with van der Waals surface area (Å²) in [5.74, 6) is 0.483. The molecule has 1 atom stereocenters. The Morgan fingerprint density at radius 2 is 2.05 bits per heavy atom. The van der Waals surface area contributed by atoms with Crippen molar-refractivity contribution in [2.45, 2.75) is 6.92 Å². The standard InChI is InChI=1S/C20H20/c1-4-8-17(5-2)19-11-7-12-20(15-19)18-10-6-9-16(3)13-14-18/h4-16H,1-2H2,3H3/b17-8+. The second kappa shape index (κ2) is 6.72. The van der Waals surface area contributed by atoms with Crippen molar-refractivity contribution < 1.29 is 0 Å². The molecule has 0 fully saturated rings. The van der Waals surface area contributed by atoms with E-state index < -0.39 is 0 Å². The Balaban J connectivity index is 2.40. The molecule has 0 radical (unpaired) electrons. The summed E-state index contributed by atoms with van der Waals surface area (Å²) in [5, 5.41) is 0. The van der Waals surface area contributed by atoms with E-state index in [0.717, 1.165) is 11.1 Å². The van der Waals surface area contributed by atoms with E-state index in [0.29, 0.717) is 5.92 Å². The molecule has 0 aliphatic heterocycles. The highest BCUT2D eigenvalue weighted by atomic mass is 14.1. The van der Waals surface area contributed by atoms with Gasteiger partial charge in [-0.15, -0.1) is 0 Å². The zero-order chi connectivity index (χ0) is 14.4. The molecule has 0 saturated carbocycles. The lowest BCUT2D eigenvalue weighted by Crippen LogP contribution is -1.86. The highest BCUT2D eigenvalue weighted by molar-refractivity contribution is 5.81. The summed E-state index contributed by atoms with van der Waals surface area (Å²) in [7, 11) is 0. The fraction of sp³-hybridized carbons (Fsp3) is 0.100. The van der Waals surface area contributed by atoms with Gasteiger partial charge in [0.15, 0.2) is 0 Å². The molecule has 0 bridgehead atoms. The van der Waals surface area contributed by atoms with E-state index in [4.69, 9.17) is 0 Å². The minimum Gasteiger partial charge on any atom is -0.0990 e. The van der Waals surface area contributed by atoms with Gasteiger partial charge in [-0.05, 0) is 34.3 Å². The molecule has 2 rings (SSSR count). The molecule has 0 heteroatoms. The number of hydrogen-bond donors (Lipinski definition) is 0. The minimum absolute atomic E-state index is 0.483. The van der Waals surface area contributed by atoms with E-state index in [9.17, 15) is 0 Å². The predicted octanol–water partition coefficient (Wildman–Crippen LogP) is 5.59. The quantitative estimate of drug-likeness (QED) is 0.619. The van der Waals surface area contributed by atoms with Gasteiger partial charge in [0, 0.05) is 0 Å². The van der Waals surface area contributed by atoms with Crippen molar-refractivity contribution >= 4 is 11.1 Å². The lowest BCUT2D eigenvalue weighted by molar-refractivity contribution is 0.943. The van der Waals surface area contributed by atoms with E-state index >= 15 is 0 Å². The van der Waals surface area contributed by atoms with Crippen LogP contribution >= 0.6 is 0 Å². The second-order valence-electron chi connectivity index (χ2n) is 4.87. The summed E-state index contributed by atoms with van der Waals surface area (Å²) in [6.45, 7) is 9.80. The number of hydrogen-bond acceptors (Lipinski definition) is 0. The highest BCUT2D eigenvalue weighted by Crippen LogP contribution is 2.24. The Kier molecular flexibility index (Phi) is 4.73. The van der Waals surface area contributed by atoms with Gasteiger partial charge in [0.05, 0.1) is 0 Å². The van der Waals surface area contributed by atoms with Crippen molar-refractivity contribution in [2.24, 2.45) is 5.92 Å². The van der Waals surface area contributed by atoms with Crippen molar-refractivity contribution in [3.05, 3.63) is 97.2 Å². The monoisotopic (exact) mass is 260 g/mol. The SMILES string of the molecule is C=C/C=C(\C=C)c1cccc(C2=CC=CC(C)C=C2)c1. The molecule has 1 aliphatic rings. The first-order valence-electron chi connectivity index (χ1n) is 6.87. The third-order valence-electron chi connectivity index (χ3n) is 3.32. The van der Waals surface area contributed by atoms with Crippen molar-refractivity contribution in [1.29, 1.82) is 0 Å². The first-order chi connectivity index (χ1) is 9.74. The van der Waals surface area contributed by atoms with Crippen LogP contribution < -0.4 is 0 Å². The molecule has 1 aliphatic carbocycles. The van der Waals surface area contributed by atoms with Crippen molar-refractivity contribution in [2.75, 3.05) is 0 Å². The van der Waals surface area contributed by atoms with E-state index in [1.807, 2.05) is 12.2 Å². The number of allylic oxidation sites excluding steroid dienone is 10. The Morgan fingerprint density at radius 3 is 2.80 bits per heavy atom. The minimum atomic E-state index is 0.483. The Morgan fingerprint density at radius 1 is 1.20 bits per heavy atom. The van der Waals surface area contributed by atoms with Gasteiger partial charge in [0.2, 0.25) is 0 Å². The smallest absolute Gasteiger partial charge is 0.00754 e. The molecule has 0 N–H and O–H groups in total. The molecule has 0 heterocycles. The summed E-state index contributed by atoms with van der Waals surface area (Å²) in [6.07, 6.45) is 16.5. The molecular weight excluding hydrogens is 240 g/mol. The largest absolute Gasteiger partial charge is 0.0990 e. The van der Waals surface area contributed by atoms with Crippen molar-refractivity contribution in [3.8, 4) is 0 Å². The molecule has 100 valence electrons. The molecule has 1 unspecified atom stereocenters. The van der Waals surface area contributed by atoms with Gasteiger partial charge in [-0.3, -0.25) is 0 Å². The molecular formula is C20H20. The third kappa shape index (κ3) is 3.36. The summed E-state index contributed by atoms with van der Waals surface area (Å²) < 4.78 is 0. The highest BCUT2D eigenvalue weighted by Gasteiger charge is 2.03. The van der Waals surface area contributed by atoms with Crippen LogP contribution in [0.4, 0.5) is 0 Å². The molecule has 0 saturated heterocycles. The number of benzene rings is 1. The zero-order valence-electron chi connectivity index (χ0n) is 11.9. The molecule has 20 heavy (non-hydrogen) atoms. The van der Waals surface area contributed by atoms with Gasteiger partial charge in [-0.25, -0.2) is 0 Å². The first kappa shape index (κ1) is 14.1. The summed E-state index contributed by atoms with van der Waals surface area (Å²) in [4.78, 5) is 0. The maximum atomic E-state index is 3.87. The Hall–Kier alpha value is -2.34. The fourth-order valence-electron chi connectivity index (χ4n) is 2.19. The fourth-order valence-corrected chi connectivity index (χ4v) is 2.19. The van der Waals surface area contributed by atoms with E-state index in [1.165, 1.54) is 11.1 Å². The first-order valence-corrected chi connectivity index (χ1v) is 6.87. The van der Waals surface area contributed by atoms with Gasteiger partial charge in [-0.2, -0.15) is 0 Å². The van der Waals surface area contributed by atoms with E-state index in [2.05, 4.69) is 74.7 Å². The van der Waals surface area contributed by atoms with Gasteiger partial charge >= 0.3 is 0 Å². The Labute approximate surface area is 121 Å². The maximum absolute atomic E-state index is 3.87. The summed E-state index contributed by atoms with van der Waals surface area (Å²) in [5.41, 5.74) is 4.70. The van der Waals surface area contributed by atoms with Crippen LogP contribution in [0.1, 0.15) is 18.1 Å². The Bertz CT molecular complexity index is 621. The van der Waals surface area contributed by atoms with Crippen molar-refractivity contribution in [3.63, 3.8) is 0 Å². The summed E-state index contributed by atoms with van der Waals surface area (Å²) >= 11 is 0. The molecule has 1 aromatic carbocycles. The van der Waals surface area contributed by atoms with Gasteiger partial charge < -0.3 is 0 Å². The van der Waals surface area contributed by atoms with E-state index in [-0.39, 0.29) is 0 Å². The second-order valence-corrected chi connectivity index (χ2v) is 4.87. The van der Waals surface area contributed by atoms with Crippen LogP contribution in [0.2, 0.25) is 0 Å². The molecule has 0 nitrogen and oxygen atoms in total. The van der Waals surface area contributed by atoms with Crippen LogP contribution in [-0.2, 0) is 0 Å². The molecule has 0 aromatic heterocycles. The van der Waals surface area contributed by atoms with Crippen LogP contribution in [0.25, 0.3) is 11.1 Å². The molecule has 0 spiro atoms. The van der Waals surface area contributed by atoms with Crippen LogP contribution in [0, 0.1) is 5.92 Å². The van der Waals surface area contributed by atoms with E-state index in [1.54, 1.807) is 6.08 Å². The van der Waals surface area contributed by atoms with Crippen LogP contribution in [0.15, 0.2) is 86.0 Å². The average molecular weight is 260 g/mol. The lowest BCUT2D eigenvalue weighted by Gasteiger charge is -2.07. The molecule has 0 amide bonds. The van der Waals surface area contributed by atoms with Gasteiger partial charge in [-0.1, -0.05) is 86.9 Å². The zero-order valence-corrected chi connectivity index (χ0v) is 11.9. The lowest BCUT2D eigenvalue weighted by atomic mass is 9.98. The normalized spacial score (nSPS) is 18.4. The topological polar surface area (TPSA) is 0 Å². The van der Waals surface area contributed by atoms with Gasteiger partial charge in [0.25, 0.3) is 0 Å². The van der Waals surface area contributed by atoms with Crippen LogP contribution in [0.5, 0.6) is 0 Å². The van der Waals surface area contributed by atoms with Crippen molar-refractivity contribution in [1.82, 2.24) is 0 Å². The predicted molar refractivity (Wildman–Crippen MR) is 90.2 cm³/mol. The molecule has 1 aromatic rings. The van der Waals surface area contributed by atoms with Gasteiger partial charge in [0.1, 0.15) is 0 Å².